The average molecular weight is 351 g/mol. The van der Waals surface area contributed by atoms with Gasteiger partial charge in [-0.05, 0) is 19.1 Å². The number of rotatable bonds is 8. The molecule has 0 saturated heterocycles. The number of methoxy groups -OCH3 is 1. The molecule has 0 bridgehead atoms. The van der Waals surface area contributed by atoms with E-state index in [0.717, 1.165) is 17.8 Å². The topological polar surface area (TPSA) is 80.9 Å². The first-order valence-electron chi connectivity index (χ1n) is 8.44. The highest BCUT2D eigenvalue weighted by Gasteiger charge is 2.38. The first-order valence-corrected chi connectivity index (χ1v) is 8.44. The van der Waals surface area contributed by atoms with Crippen LogP contribution in [0.3, 0.4) is 0 Å². The van der Waals surface area contributed by atoms with Gasteiger partial charge in [0.25, 0.3) is 5.91 Å². The van der Waals surface area contributed by atoms with Crippen LogP contribution in [0.15, 0.2) is 40.7 Å². The molecule has 0 unspecified atom stereocenters. The van der Waals surface area contributed by atoms with Gasteiger partial charge in [0, 0.05) is 25.8 Å². The predicted octanol–water partition coefficient (Wildman–Crippen LogP) is 2.88. The summed E-state index contributed by atoms with van der Waals surface area (Å²) in [7, 11) is 1.61. The van der Waals surface area contributed by atoms with Crippen molar-refractivity contribution in [2.24, 2.45) is 10.2 Å². The lowest BCUT2D eigenvalue weighted by Gasteiger charge is -2.11. The molecule has 0 spiro atoms. The van der Waals surface area contributed by atoms with Crippen LogP contribution in [0.5, 0.6) is 5.75 Å². The molecule has 1 N–H and O–H groups in total. The number of amides is 1. The second-order valence-electron chi connectivity index (χ2n) is 6.12. The van der Waals surface area contributed by atoms with E-state index in [2.05, 4.69) is 26.6 Å². The fourth-order valence-electron chi connectivity index (χ4n) is 2.82. The van der Waals surface area contributed by atoms with E-state index in [0.29, 0.717) is 30.7 Å². The smallest absolute Gasteiger partial charge is 0.254 e. The van der Waals surface area contributed by atoms with E-state index in [1.54, 1.807) is 18.0 Å². The van der Waals surface area contributed by atoms with Crippen molar-refractivity contribution in [2.75, 3.05) is 13.7 Å². The molecule has 26 heavy (non-hydrogen) atoms. The maximum Gasteiger partial charge on any atom is 0.254 e. The van der Waals surface area contributed by atoms with Crippen molar-refractivity contribution >= 4 is 5.91 Å². The highest BCUT2D eigenvalue weighted by Crippen LogP contribution is 2.36. The number of hydrogen-bond acceptors (Lipinski definition) is 5. The minimum atomic E-state index is -0.393. The number of benzene rings is 1. The molecule has 2 aromatic rings. The number of hydrogen-bond donors (Lipinski definition) is 1. The largest absolute Gasteiger partial charge is 0.494 e. The van der Waals surface area contributed by atoms with E-state index in [1.807, 2.05) is 31.2 Å². The van der Waals surface area contributed by atoms with Crippen LogP contribution in [-0.4, -0.2) is 35.0 Å². The molecule has 2 heterocycles. The zero-order valence-corrected chi connectivity index (χ0v) is 14.9. The summed E-state index contributed by atoms with van der Waals surface area (Å²) in [6.45, 7) is 2.34. The van der Waals surface area contributed by atoms with E-state index in [-0.39, 0.29) is 5.91 Å². The lowest BCUT2D eigenvalue weighted by Crippen LogP contribution is -2.28. The second-order valence-corrected chi connectivity index (χ2v) is 6.12. The molecule has 1 aromatic heterocycles. The molecule has 1 aromatic carbocycles. The third kappa shape index (κ3) is 3.59. The van der Waals surface area contributed by atoms with Gasteiger partial charge in [-0.3, -0.25) is 4.79 Å². The molecule has 0 atom stereocenters. The Labute approximate surface area is 152 Å². The lowest BCUT2D eigenvalue weighted by molar-refractivity contribution is 0.0951. The van der Waals surface area contributed by atoms with Gasteiger partial charge in [0.15, 0.2) is 5.66 Å². The van der Waals surface area contributed by atoms with Gasteiger partial charge in [0.2, 0.25) is 0 Å². The zero-order chi connectivity index (χ0) is 18.6. The number of ether oxygens (including phenoxy) is 1. The van der Waals surface area contributed by atoms with Crippen LogP contribution in [0.2, 0.25) is 0 Å². The monoisotopic (exact) mass is 351 g/mol. The molecule has 0 fully saturated rings. The van der Waals surface area contributed by atoms with E-state index >= 15 is 0 Å². The molecule has 134 valence electrons. The van der Waals surface area contributed by atoms with Gasteiger partial charge in [-0.2, -0.15) is 15.3 Å². The number of terminal acetylenes is 1. The highest BCUT2D eigenvalue weighted by atomic mass is 16.5. The normalized spacial score (nSPS) is 13.9. The Kier molecular flexibility index (Phi) is 5.03. The first kappa shape index (κ1) is 17.7. The third-order valence-electron chi connectivity index (χ3n) is 4.43. The Hall–Kier alpha value is -3.14. The summed E-state index contributed by atoms with van der Waals surface area (Å²) in [5.41, 5.74) is 1.67. The van der Waals surface area contributed by atoms with Gasteiger partial charge in [-0.1, -0.05) is 12.1 Å². The summed E-state index contributed by atoms with van der Waals surface area (Å²) in [4.78, 5) is 12.5. The Morgan fingerprint density at radius 1 is 1.35 bits per heavy atom. The van der Waals surface area contributed by atoms with Crippen LogP contribution in [0, 0.1) is 19.3 Å². The number of carbonyl (C=O) groups is 1. The number of para-hydroxylation sites is 2. The van der Waals surface area contributed by atoms with E-state index in [4.69, 9.17) is 11.2 Å². The summed E-state index contributed by atoms with van der Waals surface area (Å²) >= 11 is 0. The van der Waals surface area contributed by atoms with Crippen molar-refractivity contribution in [3.8, 4) is 23.8 Å². The SMILES string of the molecule is C#CCCC1(CCNC(=O)c2cnn(-c3ccccc3OC)c2C)N=N1. The Bertz CT molecular complexity index is 872. The van der Waals surface area contributed by atoms with Crippen LogP contribution < -0.4 is 10.1 Å². The van der Waals surface area contributed by atoms with Crippen molar-refractivity contribution in [3.05, 3.63) is 41.7 Å². The molecule has 7 heteroatoms. The standard InChI is InChI=1S/C19H21N5O2/c1-4-5-10-19(22-23-19)11-12-20-18(25)15-13-21-24(14(15)2)16-8-6-7-9-17(16)26-3/h1,6-9,13H,5,10-12H2,2-3H3,(H,20,25). The quantitative estimate of drug-likeness (QED) is 0.743. The molecule has 3 rings (SSSR count). The molecule has 1 aliphatic heterocycles. The number of carbonyl (C=O) groups excluding carboxylic acids is 1. The summed E-state index contributed by atoms with van der Waals surface area (Å²) in [6, 6.07) is 7.54. The predicted molar refractivity (Wildman–Crippen MR) is 97.5 cm³/mol. The highest BCUT2D eigenvalue weighted by molar-refractivity contribution is 5.95. The molecule has 0 aliphatic carbocycles. The summed E-state index contributed by atoms with van der Waals surface area (Å²) in [6.07, 6.45) is 8.86. The van der Waals surface area contributed by atoms with E-state index in [1.165, 1.54) is 0 Å². The molecular weight excluding hydrogens is 330 g/mol. The van der Waals surface area contributed by atoms with Gasteiger partial charge < -0.3 is 10.1 Å². The molecule has 0 saturated carbocycles. The zero-order valence-electron chi connectivity index (χ0n) is 14.9. The van der Waals surface area contributed by atoms with Crippen LogP contribution in [0.1, 0.15) is 35.3 Å². The third-order valence-corrected chi connectivity index (χ3v) is 4.43. The fraction of sp³-hybridized carbons (Fsp3) is 0.368. The molecule has 7 nitrogen and oxygen atoms in total. The summed E-state index contributed by atoms with van der Waals surface area (Å²) < 4.78 is 7.07. The van der Waals surface area contributed by atoms with Crippen molar-refractivity contribution in [1.82, 2.24) is 15.1 Å². The van der Waals surface area contributed by atoms with Crippen molar-refractivity contribution in [3.63, 3.8) is 0 Å². The van der Waals surface area contributed by atoms with Crippen LogP contribution >= 0.6 is 0 Å². The second kappa shape index (κ2) is 7.40. The van der Waals surface area contributed by atoms with Gasteiger partial charge >= 0.3 is 0 Å². The van der Waals surface area contributed by atoms with Crippen LogP contribution in [0.25, 0.3) is 5.69 Å². The Balaban J connectivity index is 1.64. The lowest BCUT2D eigenvalue weighted by atomic mass is 10.0. The van der Waals surface area contributed by atoms with Crippen LogP contribution in [-0.2, 0) is 0 Å². The molecule has 0 radical (unpaired) electrons. The summed E-state index contributed by atoms with van der Waals surface area (Å²) in [5, 5.41) is 15.4. The number of nitrogens with one attached hydrogen (secondary N) is 1. The van der Waals surface area contributed by atoms with E-state index < -0.39 is 5.66 Å². The van der Waals surface area contributed by atoms with E-state index in [9.17, 15) is 4.79 Å². The van der Waals surface area contributed by atoms with Crippen LogP contribution in [0.4, 0.5) is 0 Å². The number of aromatic nitrogens is 2. The first-order chi connectivity index (χ1) is 12.6. The molecule has 1 aliphatic rings. The van der Waals surface area contributed by atoms with Gasteiger partial charge in [-0.25, -0.2) is 4.68 Å². The van der Waals surface area contributed by atoms with Gasteiger partial charge in [-0.15, -0.1) is 12.3 Å². The van der Waals surface area contributed by atoms with Crippen molar-refractivity contribution in [1.29, 1.82) is 0 Å². The average Bonchev–Trinajstić information content (AvgIpc) is 3.33. The minimum Gasteiger partial charge on any atom is -0.494 e. The maximum absolute atomic E-state index is 12.5. The van der Waals surface area contributed by atoms with Gasteiger partial charge in [0.1, 0.15) is 11.4 Å². The van der Waals surface area contributed by atoms with Crippen molar-refractivity contribution < 1.29 is 9.53 Å². The van der Waals surface area contributed by atoms with Gasteiger partial charge in [0.05, 0.1) is 24.6 Å². The Morgan fingerprint density at radius 2 is 2.12 bits per heavy atom. The Morgan fingerprint density at radius 3 is 2.81 bits per heavy atom. The molecular formula is C19H21N5O2. The van der Waals surface area contributed by atoms with Crippen molar-refractivity contribution in [2.45, 2.75) is 31.8 Å². The maximum atomic E-state index is 12.5. The fourth-order valence-corrected chi connectivity index (χ4v) is 2.82. The summed E-state index contributed by atoms with van der Waals surface area (Å²) in [5.74, 6) is 3.12. The molecule has 1 amide bonds. The number of nitrogens with zero attached hydrogens (tertiary/aromatic N) is 4. The minimum absolute atomic E-state index is 0.170.